The van der Waals surface area contributed by atoms with E-state index in [9.17, 15) is 0 Å². The van der Waals surface area contributed by atoms with E-state index < -0.39 is 0 Å². The molecule has 1 fully saturated rings. The minimum absolute atomic E-state index is 0.324. The Bertz CT molecular complexity index is 321. The van der Waals surface area contributed by atoms with Gasteiger partial charge in [0, 0.05) is 19.0 Å². The van der Waals surface area contributed by atoms with E-state index in [2.05, 4.69) is 22.4 Å². The second-order valence-electron chi connectivity index (χ2n) is 4.09. The lowest BCUT2D eigenvalue weighted by Crippen LogP contribution is -2.43. The molecule has 0 aliphatic carbocycles. The van der Waals surface area contributed by atoms with E-state index in [1.807, 2.05) is 16.4 Å². The lowest BCUT2D eigenvalue weighted by Gasteiger charge is -2.21. The fourth-order valence-electron chi connectivity index (χ4n) is 2.14. The quantitative estimate of drug-likeness (QED) is 0.578. The van der Waals surface area contributed by atoms with Crippen LogP contribution in [0.25, 0.3) is 0 Å². The van der Waals surface area contributed by atoms with Crippen molar-refractivity contribution < 1.29 is 0 Å². The van der Waals surface area contributed by atoms with Crippen molar-refractivity contribution in [3.8, 4) is 0 Å². The summed E-state index contributed by atoms with van der Waals surface area (Å²) >= 11 is 2.01. The van der Waals surface area contributed by atoms with Crippen LogP contribution in [0.15, 0.2) is 6.33 Å². The number of aromatic nitrogens is 3. The fraction of sp³-hybridized carbons (Fsp3) is 0.800. The average Bonchev–Trinajstić information content (AvgIpc) is 2.96. The number of rotatable bonds is 5. The predicted octanol–water partition coefficient (Wildman–Crippen LogP) is 0.425. The van der Waals surface area contributed by atoms with Crippen LogP contribution in [0.5, 0.6) is 0 Å². The van der Waals surface area contributed by atoms with Crippen molar-refractivity contribution in [2.24, 2.45) is 11.8 Å². The van der Waals surface area contributed by atoms with E-state index in [0.717, 1.165) is 18.8 Å². The molecule has 6 heteroatoms. The van der Waals surface area contributed by atoms with Crippen molar-refractivity contribution in [3.05, 3.63) is 12.2 Å². The number of nitrogens with zero attached hydrogens (tertiary/aromatic N) is 3. The number of thioether (sulfide) groups is 1. The Hall–Kier alpha value is -0.590. The van der Waals surface area contributed by atoms with Crippen molar-refractivity contribution in [1.82, 2.24) is 20.2 Å². The third-order valence-electron chi connectivity index (χ3n) is 3.15. The minimum atomic E-state index is 0.324. The number of hydrazine groups is 1. The van der Waals surface area contributed by atoms with Crippen molar-refractivity contribution in [3.63, 3.8) is 0 Å². The van der Waals surface area contributed by atoms with E-state index in [-0.39, 0.29) is 0 Å². The third kappa shape index (κ3) is 2.56. The van der Waals surface area contributed by atoms with Gasteiger partial charge in [0.25, 0.3) is 0 Å². The summed E-state index contributed by atoms with van der Waals surface area (Å²) in [5.74, 6) is 9.79. The molecule has 1 saturated heterocycles. The summed E-state index contributed by atoms with van der Waals surface area (Å²) in [6.45, 7) is 2.94. The molecule has 0 saturated carbocycles. The van der Waals surface area contributed by atoms with Gasteiger partial charge in [-0.05, 0) is 30.8 Å². The zero-order chi connectivity index (χ0) is 11.4. The molecule has 1 aromatic rings. The van der Waals surface area contributed by atoms with Crippen LogP contribution in [0.1, 0.15) is 19.2 Å². The van der Waals surface area contributed by atoms with Crippen LogP contribution in [0.2, 0.25) is 0 Å². The molecular weight excluding hydrogens is 222 g/mol. The molecule has 16 heavy (non-hydrogen) atoms. The van der Waals surface area contributed by atoms with Gasteiger partial charge in [0.05, 0.1) is 0 Å². The van der Waals surface area contributed by atoms with E-state index in [1.54, 1.807) is 6.33 Å². The molecule has 90 valence electrons. The summed E-state index contributed by atoms with van der Waals surface area (Å²) in [4.78, 5) is 4.30. The summed E-state index contributed by atoms with van der Waals surface area (Å²) in [7, 11) is 0. The lowest BCUT2D eigenvalue weighted by molar-refractivity contribution is 0.374. The predicted molar refractivity (Wildman–Crippen MR) is 65.9 cm³/mol. The number of nitrogens with one attached hydrogen (secondary N) is 1. The van der Waals surface area contributed by atoms with Gasteiger partial charge >= 0.3 is 0 Å². The van der Waals surface area contributed by atoms with Crippen molar-refractivity contribution in [1.29, 1.82) is 0 Å². The highest BCUT2D eigenvalue weighted by atomic mass is 32.2. The molecule has 2 heterocycles. The van der Waals surface area contributed by atoms with Crippen molar-refractivity contribution >= 4 is 11.8 Å². The highest BCUT2D eigenvalue weighted by Gasteiger charge is 2.25. The SMILES string of the molecule is CCn1ncnc1CC(NN)C1CCSC1. The van der Waals surface area contributed by atoms with Gasteiger partial charge in [-0.3, -0.25) is 16.0 Å². The van der Waals surface area contributed by atoms with E-state index in [1.165, 1.54) is 17.9 Å². The first-order valence-corrected chi connectivity index (χ1v) is 6.91. The number of hydrogen-bond acceptors (Lipinski definition) is 5. The maximum atomic E-state index is 5.64. The van der Waals surface area contributed by atoms with Crippen LogP contribution in [0.3, 0.4) is 0 Å². The summed E-state index contributed by atoms with van der Waals surface area (Å²) in [5, 5.41) is 4.18. The molecule has 0 bridgehead atoms. The average molecular weight is 241 g/mol. The summed E-state index contributed by atoms with van der Waals surface area (Å²) < 4.78 is 1.94. The molecule has 0 radical (unpaired) electrons. The first-order chi connectivity index (χ1) is 7.85. The smallest absolute Gasteiger partial charge is 0.138 e. The summed E-state index contributed by atoms with van der Waals surface area (Å²) in [6.07, 6.45) is 3.74. The topological polar surface area (TPSA) is 68.8 Å². The van der Waals surface area contributed by atoms with Gasteiger partial charge < -0.3 is 0 Å². The van der Waals surface area contributed by atoms with Crippen LogP contribution in [0.4, 0.5) is 0 Å². The standard InChI is InChI=1S/C10H19N5S/c1-2-15-10(12-7-13-15)5-9(14-11)8-3-4-16-6-8/h7-9,14H,2-6,11H2,1H3. The molecule has 1 aliphatic heterocycles. The molecular formula is C10H19N5S. The van der Waals surface area contributed by atoms with Crippen LogP contribution in [-0.2, 0) is 13.0 Å². The molecule has 1 aromatic heterocycles. The normalized spacial score (nSPS) is 22.5. The maximum Gasteiger partial charge on any atom is 0.138 e. The van der Waals surface area contributed by atoms with Gasteiger partial charge in [-0.2, -0.15) is 16.9 Å². The van der Waals surface area contributed by atoms with Crippen molar-refractivity contribution in [2.45, 2.75) is 32.4 Å². The molecule has 0 aromatic carbocycles. The zero-order valence-electron chi connectivity index (χ0n) is 9.59. The number of aryl methyl sites for hydroxylation is 1. The Morgan fingerprint density at radius 2 is 2.62 bits per heavy atom. The van der Waals surface area contributed by atoms with Crippen LogP contribution >= 0.6 is 11.8 Å². The monoisotopic (exact) mass is 241 g/mol. The zero-order valence-corrected chi connectivity index (χ0v) is 10.4. The Kier molecular flexibility index (Phi) is 4.20. The van der Waals surface area contributed by atoms with E-state index >= 15 is 0 Å². The van der Waals surface area contributed by atoms with Crippen molar-refractivity contribution in [2.75, 3.05) is 11.5 Å². The molecule has 3 N–H and O–H groups in total. The second-order valence-corrected chi connectivity index (χ2v) is 5.24. The largest absolute Gasteiger partial charge is 0.271 e. The van der Waals surface area contributed by atoms with Gasteiger partial charge in [-0.15, -0.1) is 0 Å². The molecule has 2 rings (SSSR count). The summed E-state index contributed by atoms with van der Waals surface area (Å²) in [5.41, 5.74) is 2.94. The second kappa shape index (κ2) is 5.65. The Morgan fingerprint density at radius 3 is 3.25 bits per heavy atom. The van der Waals surface area contributed by atoms with Gasteiger partial charge in [-0.1, -0.05) is 0 Å². The number of nitrogens with two attached hydrogens (primary N) is 1. The summed E-state index contributed by atoms with van der Waals surface area (Å²) in [6, 6.07) is 0.324. The molecule has 2 atom stereocenters. The first kappa shape index (κ1) is 11.9. The number of hydrogen-bond donors (Lipinski definition) is 2. The van der Waals surface area contributed by atoms with Crippen LogP contribution in [-0.4, -0.2) is 32.3 Å². The van der Waals surface area contributed by atoms with Gasteiger partial charge in [0.2, 0.25) is 0 Å². The van der Waals surface area contributed by atoms with E-state index in [0.29, 0.717) is 12.0 Å². The highest BCUT2D eigenvalue weighted by Crippen LogP contribution is 2.27. The van der Waals surface area contributed by atoms with Gasteiger partial charge in [0.15, 0.2) is 0 Å². The van der Waals surface area contributed by atoms with Gasteiger partial charge in [0.1, 0.15) is 12.2 Å². The van der Waals surface area contributed by atoms with Crippen LogP contribution in [0, 0.1) is 5.92 Å². The minimum Gasteiger partial charge on any atom is -0.271 e. The highest BCUT2D eigenvalue weighted by molar-refractivity contribution is 7.99. The van der Waals surface area contributed by atoms with Crippen LogP contribution < -0.4 is 11.3 Å². The molecule has 0 amide bonds. The third-order valence-corrected chi connectivity index (χ3v) is 4.33. The first-order valence-electron chi connectivity index (χ1n) is 5.75. The van der Waals surface area contributed by atoms with E-state index in [4.69, 9.17) is 5.84 Å². The van der Waals surface area contributed by atoms with Gasteiger partial charge in [-0.25, -0.2) is 4.98 Å². The molecule has 1 aliphatic rings. The Labute approximate surface area is 100 Å². The molecule has 2 unspecified atom stereocenters. The maximum absolute atomic E-state index is 5.64. The Balaban J connectivity index is 2.00. The Morgan fingerprint density at radius 1 is 1.75 bits per heavy atom. The molecule has 0 spiro atoms. The lowest BCUT2D eigenvalue weighted by atomic mass is 9.97. The molecule has 5 nitrogen and oxygen atoms in total. The fourth-order valence-corrected chi connectivity index (χ4v) is 3.48.